The van der Waals surface area contributed by atoms with Crippen molar-refractivity contribution in [2.24, 2.45) is 0 Å². The van der Waals surface area contributed by atoms with Crippen molar-refractivity contribution >= 4 is 24.2 Å². The lowest BCUT2D eigenvalue weighted by Crippen LogP contribution is -2.47. The summed E-state index contributed by atoms with van der Waals surface area (Å²) < 4.78 is 0. The molecular formula is C12H19ClN4O2. The molecule has 1 fully saturated rings. The third-order valence-electron chi connectivity index (χ3n) is 3.13. The molecule has 0 radical (unpaired) electrons. The monoisotopic (exact) mass is 286 g/mol. The summed E-state index contributed by atoms with van der Waals surface area (Å²) >= 11 is 0. The fourth-order valence-electron chi connectivity index (χ4n) is 2.07. The van der Waals surface area contributed by atoms with E-state index in [1.807, 2.05) is 13.0 Å². The average Bonchev–Trinajstić information content (AvgIpc) is 2.37. The Labute approximate surface area is 118 Å². The third kappa shape index (κ3) is 4.65. The molecule has 0 aromatic carbocycles. The molecule has 1 aliphatic heterocycles. The standard InChI is InChI=1S/C12H18N4O2.ClH/c1-10-8-11(14-9-13-10)16-6-4-15(5-7-16)3-2-12(17)18;/h8-9H,2-7H2,1H3,(H,17,18);1H. The minimum absolute atomic E-state index is 0. The van der Waals surface area contributed by atoms with Crippen molar-refractivity contribution in [2.45, 2.75) is 13.3 Å². The number of carboxylic acids is 1. The second-order valence-electron chi connectivity index (χ2n) is 4.49. The first kappa shape index (κ1) is 15.7. The van der Waals surface area contributed by atoms with Crippen molar-refractivity contribution in [2.75, 3.05) is 37.6 Å². The van der Waals surface area contributed by atoms with Crippen LogP contribution in [-0.4, -0.2) is 58.7 Å². The number of carbonyl (C=O) groups is 1. The quantitative estimate of drug-likeness (QED) is 0.883. The average molecular weight is 287 g/mol. The van der Waals surface area contributed by atoms with Crippen molar-refractivity contribution in [3.05, 3.63) is 18.1 Å². The maximum absolute atomic E-state index is 10.5. The highest BCUT2D eigenvalue weighted by Crippen LogP contribution is 2.13. The molecular weight excluding hydrogens is 268 g/mol. The summed E-state index contributed by atoms with van der Waals surface area (Å²) in [4.78, 5) is 23.3. The van der Waals surface area contributed by atoms with Crippen LogP contribution < -0.4 is 4.90 Å². The molecule has 0 atom stereocenters. The summed E-state index contributed by atoms with van der Waals surface area (Å²) in [6, 6.07) is 1.98. The number of piperazine rings is 1. The van der Waals surface area contributed by atoms with Crippen molar-refractivity contribution in [3.63, 3.8) is 0 Å². The molecule has 0 spiro atoms. The highest BCUT2D eigenvalue weighted by molar-refractivity contribution is 5.85. The molecule has 0 bridgehead atoms. The molecule has 106 valence electrons. The van der Waals surface area contributed by atoms with Gasteiger partial charge in [-0.3, -0.25) is 9.69 Å². The van der Waals surface area contributed by atoms with Crippen LogP contribution in [0, 0.1) is 6.92 Å². The Morgan fingerprint density at radius 3 is 2.58 bits per heavy atom. The molecule has 1 saturated heterocycles. The van der Waals surface area contributed by atoms with E-state index in [0.717, 1.165) is 37.7 Å². The summed E-state index contributed by atoms with van der Waals surface area (Å²) in [7, 11) is 0. The Morgan fingerprint density at radius 2 is 2.00 bits per heavy atom. The van der Waals surface area contributed by atoms with E-state index in [-0.39, 0.29) is 18.8 Å². The second kappa shape index (κ2) is 7.25. The van der Waals surface area contributed by atoms with E-state index in [9.17, 15) is 4.79 Å². The predicted molar refractivity (Wildman–Crippen MR) is 74.9 cm³/mol. The van der Waals surface area contributed by atoms with Gasteiger partial charge in [0.2, 0.25) is 0 Å². The maximum Gasteiger partial charge on any atom is 0.304 e. The molecule has 0 aliphatic carbocycles. The van der Waals surface area contributed by atoms with Crippen LogP contribution in [0.5, 0.6) is 0 Å². The lowest BCUT2D eigenvalue weighted by atomic mass is 10.3. The molecule has 7 heteroatoms. The number of halogens is 1. The van der Waals surface area contributed by atoms with Crippen LogP contribution in [0.25, 0.3) is 0 Å². The minimum Gasteiger partial charge on any atom is -0.481 e. The van der Waals surface area contributed by atoms with E-state index in [0.29, 0.717) is 6.54 Å². The number of rotatable bonds is 4. The van der Waals surface area contributed by atoms with Crippen LogP contribution in [0.3, 0.4) is 0 Å². The summed E-state index contributed by atoms with van der Waals surface area (Å²) in [5.74, 6) is 0.226. The fourth-order valence-corrected chi connectivity index (χ4v) is 2.07. The van der Waals surface area contributed by atoms with Crippen LogP contribution in [0.2, 0.25) is 0 Å². The van der Waals surface area contributed by atoms with Crippen molar-refractivity contribution in [3.8, 4) is 0 Å². The van der Waals surface area contributed by atoms with Gasteiger partial charge in [-0.2, -0.15) is 0 Å². The van der Waals surface area contributed by atoms with Gasteiger partial charge in [0.1, 0.15) is 12.1 Å². The van der Waals surface area contributed by atoms with Gasteiger partial charge in [-0.05, 0) is 6.92 Å². The molecule has 1 aromatic heterocycles. The SMILES string of the molecule is Cc1cc(N2CCN(CCC(=O)O)CC2)ncn1.Cl. The summed E-state index contributed by atoms with van der Waals surface area (Å²) in [5.41, 5.74) is 0.966. The number of nitrogens with zero attached hydrogens (tertiary/aromatic N) is 4. The van der Waals surface area contributed by atoms with E-state index in [1.54, 1.807) is 6.33 Å². The summed E-state index contributed by atoms with van der Waals surface area (Å²) in [6.07, 6.45) is 1.80. The van der Waals surface area contributed by atoms with Crippen molar-refractivity contribution in [1.29, 1.82) is 0 Å². The Balaban J connectivity index is 0.00000180. The molecule has 1 N–H and O–H groups in total. The van der Waals surface area contributed by atoms with Gasteiger partial charge in [-0.15, -0.1) is 12.4 Å². The zero-order valence-corrected chi connectivity index (χ0v) is 11.8. The minimum atomic E-state index is -0.733. The van der Waals surface area contributed by atoms with Gasteiger partial charge in [0.15, 0.2) is 0 Å². The van der Waals surface area contributed by atoms with Gasteiger partial charge in [0.05, 0.1) is 6.42 Å². The van der Waals surface area contributed by atoms with E-state index >= 15 is 0 Å². The number of aromatic nitrogens is 2. The molecule has 1 aliphatic rings. The second-order valence-corrected chi connectivity index (χ2v) is 4.49. The maximum atomic E-state index is 10.5. The van der Waals surface area contributed by atoms with Crippen LogP contribution in [0.4, 0.5) is 5.82 Å². The van der Waals surface area contributed by atoms with Gasteiger partial charge in [0, 0.05) is 44.5 Å². The van der Waals surface area contributed by atoms with Crippen LogP contribution in [0.1, 0.15) is 12.1 Å². The highest BCUT2D eigenvalue weighted by Gasteiger charge is 2.18. The third-order valence-corrected chi connectivity index (χ3v) is 3.13. The molecule has 0 amide bonds. The summed E-state index contributed by atoms with van der Waals surface area (Å²) in [5, 5.41) is 8.65. The predicted octanol–water partition coefficient (Wildman–Crippen LogP) is 0.804. The number of aryl methyl sites for hydroxylation is 1. The van der Waals surface area contributed by atoms with Crippen LogP contribution in [-0.2, 0) is 4.79 Å². The van der Waals surface area contributed by atoms with Crippen LogP contribution in [0.15, 0.2) is 12.4 Å². The number of anilines is 1. The Kier molecular flexibility index (Phi) is 5.98. The van der Waals surface area contributed by atoms with E-state index in [2.05, 4.69) is 19.8 Å². The van der Waals surface area contributed by atoms with Gasteiger partial charge in [-0.25, -0.2) is 9.97 Å². The van der Waals surface area contributed by atoms with Gasteiger partial charge in [0.25, 0.3) is 0 Å². The summed E-state index contributed by atoms with van der Waals surface area (Å²) in [6.45, 7) is 6.12. The van der Waals surface area contributed by atoms with Crippen molar-refractivity contribution in [1.82, 2.24) is 14.9 Å². The molecule has 2 heterocycles. The Hall–Kier alpha value is -1.40. The van der Waals surface area contributed by atoms with E-state index < -0.39 is 5.97 Å². The Bertz CT molecular complexity index is 422. The lowest BCUT2D eigenvalue weighted by molar-refractivity contribution is -0.137. The number of carboxylic acid groups (broad SMARTS) is 1. The first-order valence-electron chi connectivity index (χ1n) is 6.13. The molecule has 19 heavy (non-hydrogen) atoms. The normalized spacial score (nSPS) is 15.9. The largest absolute Gasteiger partial charge is 0.481 e. The number of aliphatic carboxylic acids is 1. The molecule has 1 aromatic rings. The zero-order chi connectivity index (χ0) is 13.0. The van der Waals surface area contributed by atoms with E-state index in [1.165, 1.54) is 0 Å². The van der Waals surface area contributed by atoms with Gasteiger partial charge < -0.3 is 10.0 Å². The molecule has 0 unspecified atom stereocenters. The number of hydrogen-bond donors (Lipinski definition) is 1. The van der Waals surface area contributed by atoms with Crippen LogP contribution >= 0.6 is 12.4 Å². The van der Waals surface area contributed by atoms with Gasteiger partial charge in [-0.1, -0.05) is 0 Å². The smallest absolute Gasteiger partial charge is 0.304 e. The molecule has 6 nitrogen and oxygen atoms in total. The number of hydrogen-bond acceptors (Lipinski definition) is 5. The fraction of sp³-hybridized carbons (Fsp3) is 0.583. The Morgan fingerprint density at radius 1 is 1.32 bits per heavy atom. The highest BCUT2D eigenvalue weighted by atomic mass is 35.5. The van der Waals surface area contributed by atoms with Gasteiger partial charge >= 0.3 is 5.97 Å². The first-order chi connectivity index (χ1) is 8.65. The zero-order valence-electron chi connectivity index (χ0n) is 10.9. The first-order valence-corrected chi connectivity index (χ1v) is 6.13. The lowest BCUT2D eigenvalue weighted by Gasteiger charge is -2.35. The topological polar surface area (TPSA) is 69.6 Å². The molecule has 0 saturated carbocycles. The molecule has 2 rings (SSSR count). The van der Waals surface area contributed by atoms with E-state index in [4.69, 9.17) is 5.11 Å². The van der Waals surface area contributed by atoms with Crippen molar-refractivity contribution < 1.29 is 9.90 Å².